The Morgan fingerprint density at radius 1 is 1.07 bits per heavy atom. The van der Waals surface area contributed by atoms with Gasteiger partial charge in [0.2, 0.25) is 5.91 Å². The fourth-order valence-corrected chi connectivity index (χ4v) is 8.79. The summed E-state index contributed by atoms with van der Waals surface area (Å²) in [5, 5.41) is 10.4. The lowest BCUT2D eigenvalue weighted by Crippen LogP contribution is -2.57. The number of rotatable bonds is 5. The van der Waals surface area contributed by atoms with Crippen molar-refractivity contribution in [3.05, 3.63) is 89.5 Å². The van der Waals surface area contributed by atoms with E-state index in [1.807, 2.05) is 86.7 Å². The van der Waals surface area contributed by atoms with Gasteiger partial charge in [0, 0.05) is 17.5 Å². The Labute approximate surface area is 238 Å². The van der Waals surface area contributed by atoms with Crippen molar-refractivity contribution < 1.29 is 24.2 Å². The maximum absolute atomic E-state index is 14.7. The highest BCUT2D eigenvalue weighted by molar-refractivity contribution is 8.02. The van der Waals surface area contributed by atoms with Crippen molar-refractivity contribution in [3.63, 3.8) is 0 Å². The van der Waals surface area contributed by atoms with Crippen LogP contribution in [0.3, 0.4) is 0 Å². The summed E-state index contributed by atoms with van der Waals surface area (Å²) in [5.41, 5.74) is 3.76. The molecule has 1 unspecified atom stereocenters. The number of likely N-dealkylation sites (tertiary alicyclic amines) is 1. The average molecular weight is 559 g/mol. The third-order valence-electron chi connectivity index (χ3n) is 8.63. The van der Waals surface area contributed by atoms with Crippen LogP contribution in [0.2, 0.25) is 0 Å². The Kier molecular flexibility index (Phi) is 7.09. The van der Waals surface area contributed by atoms with Crippen molar-refractivity contribution in [1.29, 1.82) is 0 Å². The molecule has 4 aliphatic rings. The molecule has 0 radical (unpaired) electrons. The molecule has 0 saturated carbocycles. The van der Waals surface area contributed by atoms with Crippen molar-refractivity contribution in [2.45, 2.75) is 48.8 Å². The largest absolute Gasteiger partial charge is 0.465 e. The van der Waals surface area contributed by atoms with E-state index in [4.69, 9.17) is 4.74 Å². The molecule has 1 N–H and O–H groups in total. The molecule has 6 atom stereocenters. The zero-order valence-corrected chi connectivity index (χ0v) is 23.5. The number of aryl methyl sites for hydroxylation is 2. The van der Waals surface area contributed by atoms with Crippen molar-refractivity contribution in [2.75, 3.05) is 24.7 Å². The van der Waals surface area contributed by atoms with Gasteiger partial charge in [-0.25, -0.2) is 0 Å². The number of carbonyl (C=O) groups excluding carboxylic acids is 3. The minimum atomic E-state index is -0.964. The van der Waals surface area contributed by atoms with Crippen LogP contribution in [-0.4, -0.2) is 69.6 Å². The molecule has 6 rings (SSSR count). The number of thioether (sulfide) groups is 1. The zero-order valence-electron chi connectivity index (χ0n) is 22.7. The topological polar surface area (TPSA) is 87.2 Å². The van der Waals surface area contributed by atoms with Gasteiger partial charge in [-0.15, -0.1) is 11.8 Å². The zero-order chi connectivity index (χ0) is 28.0. The number of hydrogen-bond donors (Lipinski definition) is 1. The number of aliphatic hydroxyl groups is 1. The Morgan fingerprint density at radius 3 is 2.65 bits per heavy atom. The van der Waals surface area contributed by atoms with Crippen LogP contribution in [0.5, 0.6) is 0 Å². The summed E-state index contributed by atoms with van der Waals surface area (Å²) in [6, 6.07) is 14.2. The molecule has 7 nitrogen and oxygen atoms in total. The van der Waals surface area contributed by atoms with E-state index in [0.717, 1.165) is 22.4 Å². The predicted octanol–water partition coefficient (Wildman–Crippen LogP) is 3.61. The highest BCUT2D eigenvalue weighted by Gasteiger charge is 2.71. The molecule has 0 aromatic heterocycles. The van der Waals surface area contributed by atoms with E-state index in [0.29, 0.717) is 19.4 Å². The van der Waals surface area contributed by atoms with E-state index in [9.17, 15) is 19.5 Å². The van der Waals surface area contributed by atoms with Gasteiger partial charge in [-0.3, -0.25) is 14.4 Å². The second-order valence-electron chi connectivity index (χ2n) is 11.1. The molecular weight excluding hydrogens is 524 g/mol. The third-order valence-corrected chi connectivity index (χ3v) is 10.4. The van der Waals surface area contributed by atoms with Crippen molar-refractivity contribution in [3.8, 4) is 0 Å². The molecule has 4 heterocycles. The van der Waals surface area contributed by atoms with Crippen LogP contribution in [0.1, 0.15) is 23.1 Å². The molecule has 2 aromatic rings. The molecule has 0 aliphatic carbocycles. The Balaban J connectivity index is 1.49. The van der Waals surface area contributed by atoms with E-state index < -0.39 is 34.6 Å². The molecule has 0 bridgehead atoms. The van der Waals surface area contributed by atoms with E-state index in [-0.39, 0.29) is 30.3 Å². The standard InChI is InChI=1S/C32H34N2O5S/c1-20-12-13-21(2)24(17-20)33-15-8-14-32-27(26-25(40-32)11-6-7-16-39-31(26)38)29(36)34(28(32)30(33)37)23(19-35)18-22-9-4-3-5-10-22/h3-6,8-14,17,23,25-28,35H,7,15-16,18-19H2,1-2H3/t23-,25-,26+,27+,28?,32+/m1/s1. The van der Waals surface area contributed by atoms with Gasteiger partial charge in [-0.1, -0.05) is 66.8 Å². The summed E-state index contributed by atoms with van der Waals surface area (Å²) in [6.07, 6.45) is 8.99. The molecule has 208 valence electrons. The summed E-state index contributed by atoms with van der Waals surface area (Å²) in [7, 11) is 0. The third kappa shape index (κ3) is 4.29. The predicted molar refractivity (Wildman–Crippen MR) is 155 cm³/mol. The first-order valence-electron chi connectivity index (χ1n) is 13.9. The minimum absolute atomic E-state index is 0.194. The average Bonchev–Trinajstić information content (AvgIpc) is 3.33. The molecule has 8 heteroatoms. The summed E-state index contributed by atoms with van der Waals surface area (Å²) in [4.78, 5) is 46.0. The number of anilines is 1. The van der Waals surface area contributed by atoms with Crippen LogP contribution in [0.15, 0.2) is 72.8 Å². The summed E-state index contributed by atoms with van der Waals surface area (Å²) >= 11 is 1.52. The lowest BCUT2D eigenvalue weighted by atomic mass is 9.78. The number of ether oxygens (including phenoxy) is 1. The number of carbonyl (C=O) groups is 3. The van der Waals surface area contributed by atoms with E-state index in [1.54, 1.807) is 9.80 Å². The quantitative estimate of drug-likeness (QED) is 0.446. The lowest BCUT2D eigenvalue weighted by Gasteiger charge is -2.39. The van der Waals surface area contributed by atoms with Crippen molar-refractivity contribution >= 4 is 35.2 Å². The van der Waals surface area contributed by atoms with Gasteiger partial charge in [0.1, 0.15) is 6.04 Å². The second kappa shape index (κ2) is 10.6. The Morgan fingerprint density at radius 2 is 1.88 bits per heavy atom. The number of esters is 1. The van der Waals surface area contributed by atoms with Crippen LogP contribution < -0.4 is 4.90 Å². The minimum Gasteiger partial charge on any atom is -0.465 e. The van der Waals surface area contributed by atoms with Crippen LogP contribution in [0, 0.1) is 25.7 Å². The maximum Gasteiger partial charge on any atom is 0.311 e. The van der Waals surface area contributed by atoms with E-state index >= 15 is 0 Å². The molecule has 1 spiro atoms. The highest BCUT2D eigenvalue weighted by Crippen LogP contribution is 2.61. The fraction of sp³-hybridized carbons (Fsp3) is 0.406. The number of nitrogens with zero attached hydrogens (tertiary/aromatic N) is 2. The molecule has 2 amide bonds. The Hall–Kier alpha value is -3.36. The van der Waals surface area contributed by atoms with Gasteiger partial charge in [0.15, 0.2) is 0 Å². The first-order valence-corrected chi connectivity index (χ1v) is 14.8. The fourth-order valence-electron chi connectivity index (χ4n) is 6.80. The number of amides is 2. The second-order valence-corrected chi connectivity index (χ2v) is 12.6. The number of aliphatic hydroxyl groups excluding tert-OH is 1. The maximum atomic E-state index is 14.7. The van der Waals surface area contributed by atoms with Crippen LogP contribution in [-0.2, 0) is 25.5 Å². The summed E-state index contributed by atoms with van der Waals surface area (Å²) < 4.78 is 4.62. The monoisotopic (exact) mass is 558 g/mol. The number of cyclic esters (lactones) is 1. The first kappa shape index (κ1) is 26.8. The van der Waals surface area contributed by atoms with Gasteiger partial charge in [-0.05, 0) is 49.4 Å². The smallest absolute Gasteiger partial charge is 0.311 e. The van der Waals surface area contributed by atoms with Gasteiger partial charge in [-0.2, -0.15) is 0 Å². The van der Waals surface area contributed by atoms with Crippen molar-refractivity contribution in [2.24, 2.45) is 11.8 Å². The molecule has 40 heavy (non-hydrogen) atoms. The molecule has 2 aromatic carbocycles. The van der Waals surface area contributed by atoms with Gasteiger partial charge in [0.05, 0.1) is 35.8 Å². The van der Waals surface area contributed by atoms with Crippen molar-refractivity contribution in [1.82, 2.24) is 4.90 Å². The summed E-state index contributed by atoms with van der Waals surface area (Å²) in [6.45, 7) is 4.30. The van der Waals surface area contributed by atoms with Gasteiger partial charge < -0.3 is 19.6 Å². The van der Waals surface area contributed by atoms with Gasteiger partial charge >= 0.3 is 5.97 Å². The van der Waals surface area contributed by atoms with Crippen LogP contribution in [0.25, 0.3) is 0 Å². The molecule has 2 saturated heterocycles. The number of benzene rings is 2. The van der Waals surface area contributed by atoms with Crippen LogP contribution >= 0.6 is 11.8 Å². The lowest BCUT2D eigenvalue weighted by molar-refractivity contribution is -0.153. The summed E-state index contributed by atoms with van der Waals surface area (Å²) in [5.74, 6) is -2.33. The SMILES string of the molecule is Cc1ccc(C)c(N2CC=C[C@]34S[C@@H]5C=CCCOC(=O)[C@@H]5[C@H]3C(=O)N([C@@H](CO)Cc3ccccc3)C4C2=O)c1. The number of fused-ring (bicyclic) bond motifs is 2. The van der Waals surface area contributed by atoms with E-state index in [1.165, 1.54) is 11.8 Å². The molecule has 2 fully saturated rings. The molecule has 4 aliphatic heterocycles. The van der Waals surface area contributed by atoms with Gasteiger partial charge in [0.25, 0.3) is 5.91 Å². The normalized spacial score (nSPS) is 30.2. The Bertz CT molecular complexity index is 1390. The molecular formula is C32H34N2O5S. The highest BCUT2D eigenvalue weighted by atomic mass is 32.2. The van der Waals surface area contributed by atoms with Crippen LogP contribution in [0.4, 0.5) is 5.69 Å². The first-order chi connectivity index (χ1) is 19.4. The van der Waals surface area contributed by atoms with E-state index in [2.05, 4.69) is 0 Å². The number of hydrogen-bond acceptors (Lipinski definition) is 6.